The number of carbonyl (C=O) groups excluding carboxylic acids is 1. The molecule has 3 aliphatic rings. The van der Waals surface area contributed by atoms with Gasteiger partial charge in [-0.3, -0.25) is 4.79 Å². The van der Waals surface area contributed by atoms with Gasteiger partial charge in [-0.2, -0.15) is 0 Å². The molecule has 0 spiro atoms. The monoisotopic (exact) mass is 291 g/mol. The van der Waals surface area contributed by atoms with Gasteiger partial charge >= 0.3 is 0 Å². The van der Waals surface area contributed by atoms with E-state index in [4.69, 9.17) is 9.47 Å². The number of fused-ring (bicyclic) bond motifs is 1. The van der Waals surface area contributed by atoms with Gasteiger partial charge in [-0.05, 0) is 31.6 Å². The predicted octanol–water partition coefficient (Wildman–Crippen LogP) is 2.30. The summed E-state index contributed by atoms with van der Waals surface area (Å²) in [6, 6.07) is 0.200. The maximum absolute atomic E-state index is 12.6. The van der Waals surface area contributed by atoms with Crippen LogP contribution in [0.2, 0.25) is 0 Å². The molecule has 2 aliphatic carbocycles. The Kier molecular flexibility index (Phi) is 4.76. The van der Waals surface area contributed by atoms with Crippen LogP contribution < -0.4 is 0 Å². The summed E-state index contributed by atoms with van der Waals surface area (Å²) in [5.74, 6) is 0.724. The molecule has 1 saturated carbocycles. The quantitative estimate of drug-likeness (QED) is 0.730. The number of allylic oxidation sites excluding steroid dienone is 2. The highest BCUT2D eigenvalue weighted by molar-refractivity contribution is 5.77. The number of rotatable bonds is 5. The number of amides is 1. The molecule has 1 amide bonds. The summed E-state index contributed by atoms with van der Waals surface area (Å²) in [6.45, 7) is 5.60. The Morgan fingerprint density at radius 3 is 3.10 bits per heavy atom. The van der Waals surface area contributed by atoms with Gasteiger partial charge in [0.05, 0.1) is 25.4 Å². The summed E-state index contributed by atoms with van der Waals surface area (Å²) in [6.07, 6.45) is 11.1. The fraction of sp³-hybridized carbons (Fsp3) is 0.706. The SMILES string of the molecule is C=CCO[C@@H]1CC[C@H]2[C@H]1OCCN2C(=O)CC1C=CCC1. The maximum Gasteiger partial charge on any atom is 0.223 e. The van der Waals surface area contributed by atoms with Crippen LogP contribution >= 0.6 is 0 Å². The lowest BCUT2D eigenvalue weighted by molar-refractivity contribution is -0.151. The number of nitrogens with zero attached hydrogens (tertiary/aromatic N) is 1. The van der Waals surface area contributed by atoms with Crippen molar-refractivity contribution in [3.63, 3.8) is 0 Å². The van der Waals surface area contributed by atoms with Gasteiger partial charge in [0.15, 0.2) is 0 Å². The van der Waals surface area contributed by atoms with Crippen LogP contribution in [0.4, 0.5) is 0 Å². The van der Waals surface area contributed by atoms with E-state index in [0.29, 0.717) is 25.6 Å². The van der Waals surface area contributed by atoms with Crippen LogP contribution in [0.5, 0.6) is 0 Å². The maximum atomic E-state index is 12.6. The summed E-state index contributed by atoms with van der Waals surface area (Å²) in [4.78, 5) is 14.7. The number of carbonyl (C=O) groups is 1. The van der Waals surface area contributed by atoms with Crippen molar-refractivity contribution in [2.75, 3.05) is 19.8 Å². The number of hydrogen-bond donors (Lipinski definition) is 0. The molecule has 0 aromatic rings. The first-order valence-corrected chi connectivity index (χ1v) is 8.10. The number of hydrogen-bond acceptors (Lipinski definition) is 3. The minimum Gasteiger partial charge on any atom is -0.372 e. The molecular formula is C17H25NO3. The van der Waals surface area contributed by atoms with E-state index in [0.717, 1.165) is 32.2 Å². The average Bonchev–Trinajstić information content (AvgIpc) is 3.14. The topological polar surface area (TPSA) is 38.8 Å². The van der Waals surface area contributed by atoms with Crippen molar-refractivity contribution >= 4 is 5.91 Å². The highest BCUT2D eigenvalue weighted by atomic mass is 16.5. The highest BCUT2D eigenvalue weighted by Crippen LogP contribution is 2.33. The van der Waals surface area contributed by atoms with Gasteiger partial charge in [-0.15, -0.1) is 6.58 Å². The van der Waals surface area contributed by atoms with Crippen molar-refractivity contribution in [1.82, 2.24) is 4.90 Å². The third-order valence-corrected chi connectivity index (χ3v) is 4.83. The highest BCUT2D eigenvalue weighted by Gasteiger charge is 2.44. The van der Waals surface area contributed by atoms with Gasteiger partial charge in [-0.25, -0.2) is 0 Å². The van der Waals surface area contributed by atoms with Crippen LogP contribution in [0.1, 0.15) is 32.1 Å². The molecule has 0 N–H and O–H groups in total. The zero-order valence-electron chi connectivity index (χ0n) is 12.6. The molecule has 0 aromatic heterocycles. The molecule has 1 aliphatic heterocycles. The second-order valence-electron chi connectivity index (χ2n) is 6.20. The van der Waals surface area contributed by atoms with Crippen molar-refractivity contribution in [1.29, 1.82) is 0 Å². The fourth-order valence-electron chi connectivity index (χ4n) is 3.80. The summed E-state index contributed by atoms with van der Waals surface area (Å²) in [5.41, 5.74) is 0. The van der Waals surface area contributed by atoms with E-state index in [2.05, 4.69) is 23.6 Å². The minimum atomic E-state index is 0.0433. The summed E-state index contributed by atoms with van der Waals surface area (Å²) in [5, 5.41) is 0. The molecule has 21 heavy (non-hydrogen) atoms. The minimum absolute atomic E-state index is 0.0433. The van der Waals surface area contributed by atoms with Crippen LogP contribution in [0.15, 0.2) is 24.8 Å². The van der Waals surface area contributed by atoms with Crippen molar-refractivity contribution < 1.29 is 14.3 Å². The molecule has 0 aromatic carbocycles. The van der Waals surface area contributed by atoms with Gasteiger partial charge in [0.25, 0.3) is 0 Å². The second kappa shape index (κ2) is 6.75. The largest absolute Gasteiger partial charge is 0.372 e. The van der Waals surface area contributed by atoms with Crippen LogP contribution in [0.3, 0.4) is 0 Å². The number of morpholine rings is 1. The lowest BCUT2D eigenvalue weighted by Gasteiger charge is -2.39. The average molecular weight is 291 g/mol. The van der Waals surface area contributed by atoms with Crippen molar-refractivity contribution in [2.24, 2.45) is 5.92 Å². The molecule has 1 unspecified atom stereocenters. The van der Waals surface area contributed by atoms with Crippen molar-refractivity contribution in [3.05, 3.63) is 24.8 Å². The van der Waals surface area contributed by atoms with E-state index in [-0.39, 0.29) is 24.2 Å². The molecule has 4 heteroatoms. The lowest BCUT2D eigenvalue weighted by atomic mass is 10.0. The summed E-state index contributed by atoms with van der Waals surface area (Å²) >= 11 is 0. The van der Waals surface area contributed by atoms with E-state index in [1.54, 1.807) is 6.08 Å². The third kappa shape index (κ3) is 3.22. The van der Waals surface area contributed by atoms with Gasteiger partial charge in [0.1, 0.15) is 6.10 Å². The molecule has 3 rings (SSSR count). The first-order valence-electron chi connectivity index (χ1n) is 8.10. The zero-order valence-corrected chi connectivity index (χ0v) is 12.6. The van der Waals surface area contributed by atoms with E-state index in [9.17, 15) is 4.79 Å². The van der Waals surface area contributed by atoms with Crippen molar-refractivity contribution in [2.45, 2.75) is 50.4 Å². The van der Waals surface area contributed by atoms with Gasteiger partial charge in [-0.1, -0.05) is 18.2 Å². The molecular weight excluding hydrogens is 266 g/mol. The van der Waals surface area contributed by atoms with E-state index < -0.39 is 0 Å². The Morgan fingerprint density at radius 2 is 2.33 bits per heavy atom. The molecule has 1 heterocycles. The molecule has 2 fully saturated rings. The van der Waals surface area contributed by atoms with Crippen LogP contribution in [-0.4, -0.2) is 48.8 Å². The number of ether oxygens (including phenoxy) is 2. The Bertz CT molecular complexity index is 420. The molecule has 4 nitrogen and oxygen atoms in total. The first kappa shape index (κ1) is 14.8. The summed E-state index contributed by atoms with van der Waals surface area (Å²) in [7, 11) is 0. The first-order chi connectivity index (χ1) is 10.3. The van der Waals surface area contributed by atoms with Crippen molar-refractivity contribution in [3.8, 4) is 0 Å². The Balaban J connectivity index is 1.59. The summed E-state index contributed by atoms with van der Waals surface area (Å²) < 4.78 is 11.7. The normalized spacial score (nSPS) is 35.0. The molecule has 116 valence electrons. The van der Waals surface area contributed by atoms with E-state index in [1.807, 2.05) is 0 Å². The van der Waals surface area contributed by atoms with Crippen LogP contribution in [0, 0.1) is 5.92 Å². The second-order valence-corrected chi connectivity index (χ2v) is 6.20. The zero-order chi connectivity index (χ0) is 14.7. The van der Waals surface area contributed by atoms with Gasteiger partial charge < -0.3 is 14.4 Å². The van der Waals surface area contributed by atoms with Crippen LogP contribution in [0.25, 0.3) is 0 Å². The smallest absolute Gasteiger partial charge is 0.223 e. The van der Waals surface area contributed by atoms with Crippen LogP contribution in [-0.2, 0) is 14.3 Å². The standard InChI is InChI=1S/C17H25NO3/c1-2-10-20-15-8-7-14-17(15)21-11-9-18(14)16(19)12-13-5-3-4-6-13/h2-3,5,13-15,17H,1,4,6-12H2/t13?,14-,15+,17+/m0/s1. The molecule has 0 radical (unpaired) electrons. The third-order valence-electron chi connectivity index (χ3n) is 4.83. The van der Waals surface area contributed by atoms with E-state index >= 15 is 0 Å². The molecule has 4 atom stereocenters. The fourth-order valence-corrected chi connectivity index (χ4v) is 3.80. The van der Waals surface area contributed by atoms with E-state index in [1.165, 1.54) is 0 Å². The molecule has 1 saturated heterocycles. The molecule has 0 bridgehead atoms. The van der Waals surface area contributed by atoms with Gasteiger partial charge in [0, 0.05) is 13.0 Å². The Morgan fingerprint density at radius 1 is 1.43 bits per heavy atom. The Labute approximate surface area is 126 Å². The van der Waals surface area contributed by atoms with Gasteiger partial charge in [0.2, 0.25) is 5.91 Å². The predicted molar refractivity (Wildman–Crippen MR) is 80.9 cm³/mol. The Hall–Kier alpha value is -1.13. The lowest BCUT2D eigenvalue weighted by Crippen LogP contribution is -2.54.